The summed E-state index contributed by atoms with van der Waals surface area (Å²) < 4.78 is 28.4. The molecule has 0 spiro atoms. The summed E-state index contributed by atoms with van der Waals surface area (Å²) in [5.74, 6) is -1.46. The number of hydrogen-bond acceptors (Lipinski definition) is 2. The standard InChI is InChI=1S/C11H6BrClF2N2O/c12-7-1-2-8(14)6(11(7)15)4-17-5-16-9(13)3-10(17)18/h1-3,5H,4H2. The van der Waals surface area contributed by atoms with E-state index >= 15 is 0 Å². The molecule has 3 nitrogen and oxygen atoms in total. The third kappa shape index (κ3) is 2.59. The highest BCUT2D eigenvalue weighted by molar-refractivity contribution is 9.10. The first-order valence-electron chi connectivity index (χ1n) is 4.83. The van der Waals surface area contributed by atoms with Gasteiger partial charge in [0.2, 0.25) is 0 Å². The summed E-state index contributed by atoms with van der Waals surface area (Å²) in [6.07, 6.45) is 1.14. The van der Waals surface area contributed by atoms with Gasteiger partial charge < -0.3 is 0 Å². The van der Waals surface area contributed by atoms with Crippen molar-refractivity contribution in [2.45, 2.75) is 6.54 Å². The van der Waals surface area contributed by atoms with Gasteiger partial charge in [-0.15, -0.1) is 0 Å². The van der Waals surface area contributed by atoms with Crippen molar-refractivity contribution in [3.8, 4) is 0 Å². The zero-order valence-corrected chi connectivity index (χ0v) is 11.2. The van der Waals surface area contributed by atoms with E-state index in [1.165, 1.54) is 6.07 Å². The molecule has 94 valence electrons. The molecule has 0 unspecified atom stereocenters. The predicted octanol–water partition coefficient (Wildman–Crippen LogP) is 2.99. The maximum absolute atomic E-state index is 13.7. The highest BCUT2D eigenvalue weighted by Crippen LogP contribution is 2.22. The van der Waals surface area contributed by atoms with Crippen LogP contribution < -0.4 is 5.56 Å². The Bertz CT molecular complexity index is 660. The molecule has 0 aliphatic heterocycles. The molecule has 0 amide bonds. The average molecular weight is 336 g/mol. The zero-order valence-electron chi connectivity index (χ0n) is 8.83. The Morgan fingerprint density at radius 1 is 1.39 bits per heavy atom. The Morgan fingerprint density at radius 3 is 2.78 bits per heavy atom. The van der Waals surface area contributed by atoms with Crippen LogP contribution in [-0.4, -0.2) is 9.55 Å². The van der Waals surface area contributed by atoms with Gasteiger partial charge in [0.1, 0.15) is 16.8 Å². The van der Waals surface area contributed by atoms with Gasteiger partial charge in [0.15, 0.2) is 0 Å². The van der Waals surface area contributed by atoms with Gasteiger partial charge in [-0.25, -0.2) is 13.8 Å². The number of rotatable bonds is 2. The van der Waals surface area contributed by atoms with E-state index in [9.17, 15) is 13.6 Å². The van der Waals surface area contributed by atoms with Gasteiger partial charge in [0.25, 0.3) is 5.56 Å². The Kier molecular flexibility index (Phi) is 3.77. The molecule has 0 N–H and O–H groups in total. The number of nitrogens with zero attached hydrogens (tertiary/aromatic N) is 2. The van der Waals surface area contributed by atoms with Crippen molar-refractivity contribution in [1.82, 2.24) is 9.55 Å². The number of aromatic nitrogens is 2. The molecule has 1 aromatic carbocycles. The smallest absolute Gasteiger partial charge is 0.255 e. The first-order valence-corrected chi connectivity index (χ1v) is 6.00. The molecular weight excluding hydrogens is 329 g/mol. The lowest BCUT2D eigenvalue weighted by molar-refractivity contribution is 0.536. The molecule has 0 aliphatic carbocycles. The van der Waals surface area contributed by atoms with Gasteiger partial charge in [-0.1, -0.05) is 11.6 Å². The van der Waals surface area contributed by atoms with Gasteiger partial charge in [-0.05, 0) is 28.1 Å². The summed E-state index contributed by atoms with van der Waals surface area (Å²) in [7, 11) is 0. The largest absolute Gasteiger partial charge is 0.294 e. The fourth-order valence-electron chi connectivity index (χ4n) is 1.41. The highest BCUT2D eigenvalue weighted by Gasteiger charge is 2.13. The van der Waals surface area contributed by atoms with Crippen LogP contribution in [0.2, 0.25) is 5.15 Å². The third-order valence-corrected chi connectivity index (χ3v) is 3.13. The minimum atomic E-state index is -0.739. The van der Waals surface area contributed by atoms with Crippen molar-refractivity contribution in [2.75, 3.05) is 0 Å². The molecule has 0 aliphatic rings. The van der Waals surface area contributed by atoms with E-state index in [2.05, 4.69) is 20.9 Å². The fourth-order valence-corrected chi connectivity index (χ4v) is 1.92. The summed E-state index contributed by atoms with van der Waals surface area (Å²) in [5, 5.41) is 0.0337. The molecular formula is C11H6BrClF2N2O. The summed E-state index contributed by atoms with van der Waals surface area (Å²) in [5.41, 5.74) is -0.690. The van der Waals surface area contributed by atoms with E-state index in [1.807, 2.05) is 0 Å². The Hall–Kier alpha value is -1.27. The molecule has 0 bridgehead atoms. The second-order valence-corrected chi connectivity index (χ2v) is 4.74. The summed E-state index contributed by atoms with van der Waals surface area (Å²) in [4.78, 5) is 15.2. The van der Waals surface area contributed by atoms with E-state index in [1.54, 1.807) is 0 Å². The number of halogens is 4. The van der Waals surface area contributed by atoms with Crippen LogP contribution in [0.3, 0.4) is 0 Å². The lowest BCUT2D eigenvalue weighted by Gasteiger charge is -2.08. The van der Waals surface area contributed by atoms with Crippen LogP contribution in [0.15, 0.2) is 33.8 Å². The molecule has 0 fully saturated rings. The van der Waals surface area contributed by atoms with E-state index in [-0.39, 0.29) is 21.7 Å². The third-order valence-electron chi connectivity index (χ3n) is 2.31. The second-order valence-electron chi connectivity index (χ2n) is 3.50. The van der Waals surface area contributed by atoms with Gasteiger partial charge >= 0.3 is 0 Å². The summed E-state index contributed by atoms with van der Waals surface area (Å²) in [6, 6.07) is 3.46. The Morgan fingerprint density at radius 2 is 2.11 bits per heavy atom. The SMILES string of the molecule is O=c1cc(Cl)ncn1Cc1c(F)ccc(Br)c1F. The topological polar surface area (TPSA) is 34.9 Å². The van der Waals surface area contributed by atoms with Gasteiger partial charge in [-0.3, -0.25) is 9.36 Å². The molecule has 0 saturated heterocycles. The number of benzene rings is 1. The van der Waals surface area contributed by atoms with E-state index in [0.717, 1.165) is 23.0 Å². The van der Waals surface area contributed by atoms with E-state index in [4.69, 9.17) is 11.6 Å². The maximum Gasteiger partial charge on any atom is 0.255 e. The van der Waals surface area contributed by atoms with Crippen molar-refractivity contribution < 1.29 is 8.78 Å². The van der Waals surface area contributed by atoms with Crippen molar-refractivity contribution in [3.05, 3.63) is 61.7 Å². The normalized spacial score (nSPS) is 10.7. The predicted molar refractivity (Wildman–Crippen MR) is 66.7 cm³/mol. The Labute approximate surface area is 114 Å². The molecule has 2 rings (SSSR count). The first-order chi connectivity index (χ1) is 8.49. The second kappa shape index (κ2) is 5.16. The van der Waals surface area contributed by atoms with Gasteiger partial charge in [0.05, 0.1) is 17.3 Å². The fraction of sp³-hybridized carbons (Fsp3) is 0.0909. The van der Waals surface area contributed by atoms with E-state index in [0.29, 0.717) is 0 Å². The average Bonchev–Trinajstić information content (AvgIpc) is 2.32. The van der Waals surface area contributed by atoms with Crippen LogP contribution in [0.1, 0.15) is 5.56 Å². The minimum absolute atomic E-state index is 0.0337. The van der Waals surface area contributed by atoms with Crippen molar-refractivity contribution in [3.63, 3.8) is 0 Å². The molecule has 1 aromatic heterocycles. The van der Waals surface area contributed by atoms with Crippen LogP contribution in [0, 0.1) is 11.6 Å². The maximum atomic E-state index is 13.7. The van der Waals surface area contributed by atoms with Crippen molar-refractivity contribution in [1.29, 1.82) is 0 Å². The molecule has 0 atom stereocenters. The van der Waals surface area contributed by atoms with Crippen LogP contribution in [0.4, 0.5) is 8.78 Å². The van der Waals surface area contributed by atoms with Gasteiger partial charge in [0, 0.05) is 11.6 Å². The monoisotopic (exact) mass is 334 g/mol. The minimum Gasteiger partial charge on any atom is -0.294 e. The number of hydrogen-bond donors (Lipinski definition) is 0. The van der Waals surface area contributed by atoms with Crippen LogP contribution in [0.5, 0.6) is 0 Å². The van der Waals surface area contributed by atoms with Crippen molar-refractivity contribution >= 4 is 27.5 Å². The van der Waals surface area contributed by atoms with Crippen LogP contribution >= 0.6 is 27.5 Å². The molecule has 18 heavy (non-hydrogen) atoms. The van der Waals surface area contributed by atoms with Crippen molar-refractivity contribution in [2.24, 2.45) is 0 Å². The van der Waals surface area contributed by atoms with E-state index < -0.39 is 17.2 Å². The molecule has 2 aromatic rings. The molecule has 1 heterocycles. The summed E-state index contributed by atoms with van der Waals surface area (Å²) in [6.45, 7) is -0.250. The molecule has 0 radical (unpaired) electrons. The van der Waals surface area contributed by atoms with Crippen LogP contribution in [-0.2, 0) is 6.54 Å². The summed E-state index contributed by atoms with van der Waals surface area (Å²) >= 11 is 8.49. The Balaban J connectivity index is 2.46. The van der Waals surface area contributed by atoms with Gasteiger partial charge in [-0.2, -0.15) is 0 Å². The quantitative estimate of drug-likeness (QED) is 0.625. The zero-order chi connectivity index (χ0) is 13.3. The lowest BCUT2D eigenvalue weighted by Crippen LogP contribution is -2.21. The molecule has 0 saturated carbocycles. The molecule has 7 heteroatoms. The van der Waals surface area contributed by atoms with Crippen LogP contribution in [0.25, 0.3) is 0 Å². The lowest BCUT2D eigenvalue weighted by atomic mass is 10.2. The highest BCUT2D eigenvalue weighted by atomic mass is 79.9. The first kappa shape index (κ1) is 13.2.